The third kappa shape index (κ3) is 3.56. The summed E-state index contributed by atoms with van der Waals surface area (Å²) in [5, 5.41) is 2.97. The van der Waals surface area contributed by atoms with Crippen LogP contribution in [0.25, 0.3) is 0 Å². The summed E-state index contributed by atoms with van der Waals surface area (Å²) in [6.07, 6.45) is 0.767. The monoisotopic (exact) mass is 113 g/mol. The molecule has 0 amide bonds. The molecule has 0 aromatic rings. The van der Waals surface area contributed by atoms with Crippen molar-refractivity contribution in [3.05, 3.63) is 12.2 Å². The Morgan fingerprint density at radius 2 is 2.50 bits per heavy atom. The molecule has 0 unspecified atom stereocenters. The molecule has 0 saturated carbocycles. The van der Waals surface area contributed by atoms with Crippen molar-refractivity contribution in [3.63, 3.8) is 0 Å². The van der Waals surface area contributed by atoms with E-state index < -0.39 is 0 Å². The predicted octanol–water partition coefficient (Wildman–Crippen LogP) is 0.351. The van der Waals surface area contributed by atoms with Gasteiger partial charge in [0.05, 0.1) is 0 Å². The fourth-order valence-corrected chi connectivity index (χ4v) is 0.327. The van der Waals surface area contributed by atoms with E-state index in [1.54, 1.807) is 0 Å². The molecule has 0 aliphatic heterocycles. The van der Waals surface area contributed by atoms with E-state index in [1.165, 1.54) is 0 Å². The Morgan fingerprint density at radius 1 is 1.88 bits per heavy atom. The average Bonchev–Trinajstić information content (AvgIpc) is 1.83. The molecule has 0 aliphatic rings. The van der Waals surface area contributed by atoms with Crippen molar-refractivity contribution in [2.24, 2.45) is 0 Å². The fraction of sp³-hybridized carbons (Fsp3) is 0.500. The van der Waals surface area contributed by atoms with E-state index in [1.807, 2.05) is 6.92 Å². The summed E-state index contributed by atoms with van der Waals surface area (Å²) in [5.74, 6) is 0. The van der Waals surface area contributed by atoms with Crippen LogP contribution < -0.4 is 5.32 Å². The summed E-state index contributed by atoms with van der Waals surface area (Å²) in [6, 6.07) is 0. The topological polar surface area (TPSA) is 29.1 Å². The highest BCUT2D eigenvalue weighted by Gasteiger charge is 1.85. The predicted molar refractivity (Wildman–Crippen MR) is 33.7 cm³/mol. The summed E-state index contributed by atoms with van der Waals surface area (Å²) in [6.45, 7) is 6.96. The van der Waals surface area contributed by atoms with Gasteiger partial charge in [-0.3, -0.25) is 4.79 Å². The molecule has 0 atom stereocenters. The maximum Gasteiger partial charge on any atom is 0.146 e. The van der Waals surface area contributed by atoms with Gasteiger partial charge < -0.3 is 5.32 Å². The zero-order valence-electron chi connectivity index (χ0n) is 5.11. The average molecular weight is 113 g/mol. The quantitative estimate of drug-likeness (QED) is 0.421. The highest BCUT2D eigenvalue weighted by atomic mass is 16.1. The lowest BCUT2D eigenvalue weighted by atomic mass is 10.3. The number of rotatable bonds is 4. The molecule has 0 rings (SSSR count). The summed E-state index contributed by atoms with van der Waals surface area (Å²) >= 11 is 0. The third-order valence-corrected chi connectivity index (χ3v) is 0.769. The van der Waals surface area contributed by atoms with E-state index in [4.69, 9.17) is 0 Å². The minimum atomic E-state index is 0.604. The van der Waals surface area contributed by atoms with E-state index in [0.29, 0.717) is 12.1 Å². The fourth-order valence-electron chi connectivity index (χ4n) is 0.327. The summed E-state index contributed by atoms with van der Waals surface area (Å²) in [7, 11) is 0. The molecule has 0 spiro atoms. The van der Waals surface area contributed by atoms with Gasteiger partial charge in [-0.2, -0.15) is 0 Å². The van der Waals surface area contributed by atoms with Crippen molar-refractivity contribution in [1.82, 2.24) is 5.32 Å². The second-order valence-corrected chi connectivity index (χ2v) is 1.56. The first-order valence-electron chi connectivity index (χ1n) is 2.65. The van der Waals surface area contributed by atoms with E-state index in [0.717, 1.165) is 12.8 Å². The first-order valence-corrected chi connectivity index (χ1v) is 2.65. The molecule has 0 bridgehead atoms. The molecular weight excluding hydrogens is 102 g/mol. The number of carbonyl (C=O) groups is 1. The Balaban J connectivity index is 3.11. The van der Waals surface area contributed by atoms with Crippen LogP contribution in [0.15, 0.2) is 12.2 Å². The number of carbonyl (C=O) groups excluding carboxylic acids is 1. The maximum absolute atomic E-state index is 9.87. The summed E-state index contributed by atoms with van der Waals surface area (Å²) in [4.78, 5) is 9.87. The van der Waals surface area contributed by atoms with E-state index >= 15 is 0 Å². The Bertz CT molecular complexity index is 88.5. The van der Waals surface area contributed by atoms with Crippen LogP contribution in [-0.2, 0) is 4.79 Å². The van der Waals surface area contributed by atoms with Crippen molar-refractivity contribution >= 4 is 6.29 Å². The van der Waals surface area contributed by atoms with Crippen LogP contribution in [0.1, 0.15) is 6.92 Å². The Morgan fingerprint density at radius 3 is 2.88 bits per heavy atom. The minimum Gasteiger partial charge on any atom is -0.313 e. The van der Waals surface area contributed by atoms with Gasteiger partial charge in [0.25, 0.3) is 0 Å². The van der Waals surface area contributed by atoms with Crippen LogP contribution in [0.3, 0.4) is 0 Å². The second-order valence-electron chi connectivity index (χ2n) is 1.56. The Hall–Kier alpha value is -0.630. The van der Waals surface area contributed by atoms with Crippen molar-refractivity contribution in [1.29, 1.82) is 0 Å². The van der Waals surface area contributed by atoms with Gasteiger partial charge in [-0.1, -0.05) is 13.5 Å². The molecular formula is C6H11NO. The highest BCUT2D eigenvalue weighted by molar-refractivity contribution is 5.72. The molecule has 0 aliphatic carbocycles. The second kappa shape index (κ2) is 4.53. The van der Waals surface area contributed by atoms with Crippen molar-refractivity contribution < 1.29 is 4.79 Å². The first kappa shape index (κ1) is 7.37. The van der Waals surface area contributed by atoms with Crippen molar-refractivity contribution in [2.45, 2.75) is 6.92 Å². The van der Waals surface area contributed by atoms with Crippen molar-refractivity contribution in [2.75, 3.05) is 13.1 Å². The van der Waals surface area contributed by atoms with Crippen molar-refractivity contribution in [3.8, 4) is 0 Å². The molecule has 8 heavy (non-hydrogen) atoms. The van der Waals surface area contributed by atoms with Gasteiger partial charge in [0.15, 0.2) is 0 Å². The Labute approximate surface area is 49.6 Å². The van der Waals surface area contributed by atoms with Gasteiger partial charge in [-0.25, -0.2) is 0 Å². The number of hydrogen-bond acceptors (Lipinski definition) is 2. The molecule has 2 nitrogen and oxygen atoms in total. The summed E-state index contributed by atoms with van der Waals surface area (Å²) < 4.78 is 0. The maximum atomic E-state index is 9.87. The van der Waals surface area contributed by atoms with E-state index in [-0.39, 0.29) is 0 Å². The first-order chi connectivity index (χ1) is 3.81. The highest BCUT2D eigenvalue weighted by Crippen LogP contribution is 1.76. The third-order valence-electron chi connectivity index (χ3n) is 0.769. The zero-order chi connectivity index (χ0) is 6.41. The molecule has 0 heterocycles. The molecule has 0 aromatic heterocycles. The number of nitrogens with one attached hydrogen (secondary N) is 1. The van der Waals surface area contributed by atoms with Crippen LogP contribution in [0.2, 0.25) is 0 Å². The molecule has 0 radical (unpaired) electrons. The normalized spacial score (nSPS) is 8.62. The SMILES string of the molecule is C=C(C=O)CNCC. The lowest BCUT2D eigenvalue weighted by molar-refractivity contribution is -0.104. The smallest absolute Gasteiger partial charge is 0.146 e. The van der Waals surface area contributed by atoms with E-state index in [9.17, 15) is 4.79 Å². The van der Waals surface area contributed by atoms with Crippen LogP contribution in [0.4, 0.5) is 0 Å². The standard InChI is InChI=1S/C6H11NO/c1-3-7-4-6(2)5-8/h5,7H,2-4H2,1H3. The zero-order valence-corrected chi connectivity index (χ0v) is 5.11. The molecule has 2 heteroatoms. The van der Waals surface area contributed by atoms with Gasteiger partial charge in [-0.15, -0.1) is 0 Å². The minimum absolute atomic E-state index is 0.604. The van der Waals surface area contributed by atoms with Crippen LogP contribution >= 0.6 is 0 Å². The van der Waals surface area contributed by atoms with Crippen LogP contribution in [0.5, 0.6) is 0 Å². The molecule has 0 saturated heterocycles. The molecule has 1 N–H and O–H groups in total. The van der Waals surface area contributed by atoms with Gasteiger partial charge in [-0.05, 0) is 12.1 Å². The lowest BCUT2D eigenvalue weighted by Crippen LogP contribution is -2.15. The van der Waals surface area contributed by atoms with Gasteiger partial charge in [0.1, 0.15) is 6.29 Å². The van der Waals surface area contributed by atoms with Gasteiger partial charge in [0.2, 0.25) is 0 Å². The number of likely N-dealkylation sites (N-methyl/N-ethyl adjacent to an activating group) is 1. The van der Waals surface area contributed by atoms with Gasteiger partial charge >= 0.3 is 0 Å². The van der Waals surface area contributed by atoms with E-state index in [2.05, 4.69) is 11.9 Å². The molecule has 0 aromatic carbocycles. The molecule has 0 fully saturated rings. The molecule has 46 valence electrons. The Kier molecular flexibility index (Phi) is 4.17. The van der Waals surface area contributed by atoms with Crippen LogP contribution in [0, 0.1) is 0 Å². The summed E-state index contributed by atoms with van der Waals surface area (Å²) in [5.41, 5.74) is 0.604. The number of hydrogen-bond donors (Lipinski definition) is 1. The largest absolute Gasteiger partial charge is 0.313 e. The lowest BCUT2D eigenvalue weighted by Gasteiger charge is -1.95. The van der Waals surface area contributed by atoms with Crippen LogP contribution in [-0.4, -0.2) is 19.4 Å². The number of aldehydes is 1. The van der Waals surface area contributed by atoms with Gasteiger partial charge in [0, 0.05) is 6.54 Å².